The molecule has 1 aromatic heterocycles. The van der Waals surface area contributed by atoms with Gasteiger partial charge in [0.05, 0.1) is 12.1 Å². The largest absolute Gasteiger partial charge is 0.353 e. The minimum Gasteiger partial charge on any atom is -0.316 e. The summed E-state index contributed by atoms with van der Waals surface area (Å²) in [6, 6.07) is 9.07. The lowest BCUT2D eigenvalue weighted by Gasteiger charge is -2.12. The molecule has 2 nitrogen and oxygen atoms in total. The smallest absolute Gasteiger partial charge is 0.316 e. The molecule has 0 aliphatic carbocycles. The first kappa shape index (κ1) is 11.0. The number of benzene rings is 1. The summed E-state index contributed by atoms with van der Waals surface area (Å²) in [4.78, 5) is 4.14. The van der Waals surface area contributed by atoms with Crippen molar-refractivity contribution in [3.8, 4) is 0 Å². The number of para-hydroxylation sites is 1. The molecule has 0 N–H and O–H groups in total. The second-order valence-electron chi connectivity index (χ2n) is 3.58. The number of halogens is 2. The summed E-state index contributed by atoms with van der Waals surface area (Å²) in [5.41, 5.74) is 1.50. The van der Waals surface area contributed by atoms with E-state index in [4.69, 9.17) is 0 Å². The summed E-state index contributed by atoms with van der Waals surface area (Å²) < 4.78 is 29.6. The second kappa shape index (κ2) is 4.14. The van der Waals surface area contributed by atoms with Crippen LogP contribution >= 0.6 is 0 Å². The topological polar surface area (TPSA) is 22.1 Å². The first-order valence-electron chi connectivity index (χ1n) is 4.91. The Labute approximate surface area is 91.9 Å². The van der Waals surface area contributed by atoms with Crippen LogP contribution in [0.2, 0.25) is 0 Å². The lowest BCUT2D eigenvalue weighted by atomic mass is 10.1. The SMILES string of the molecule is CC(F)(F)OCc1ccnc2ccccc12. The maximum absolute atomic E-state index is 12.6. The maximum atomic E-state index is 12.6. The van der Waals surface area contributed by atoms with Crippen LogP contribution in [0.15, 0.2) is 36.5 Å². The summed E-state index contributed by atoms with van der Waals surface area (Å²) in [7, 11) is 0. The molecule has 0 atom stereocenters. The molecule has 0 saturated heterocycles. The first-order chi connectivity index (χ1) is 7.56. The Kier molecular flexibility index (Phi) is 2.83. The van der Waals surface area contributed by atoms with E-state index in [1.807, 2.05) is 24.3 Å². The van der Waals surface area contributed by atoms with Crippen LogP contribution in [0.5, 0.6) is 0 Å². The molecule has 1 aromatic carbocycles. The normalized spacial score (nSPS) is 11.9. The third-order valence-electron chi connectivity index (χ3n) is 2.22. The minimum atomic E-state index is -3.11. The molecular formula is C12H11F2NO. The fraction of sp³-hybridized carbons (Fsp3) is 0.250. The van der Waals surface area contributed by atoms with Crippen LogP contribution in [0, 0.1) is 0 Å². The Bertz CT molecular complexity index is 488. The van der Waals surface area contributed by atoms with Crippen LogP contribution in [0.25, 0.3) is 10.9 Å². The number of pyridine rings is 1. The third-order valence-corrected chi connectivity index (χ3v) is 2.22. The molecule has 0 bridgehead atoms. The van der Waals surface area contributed by atoms with Gasteiger partial charge in [-0.3, -0.25) is 4.98 Å². The molecule has 2 aromatic rings. The summed E-state index contributed by atoms with van der Waals surface area (Å²) in [6.07, 6.45) is -1.51. The van der Waals surface area contributed by atoms with Crippen molar-refractivity contribution in [3.63, 3.8) is 0 Å². The summed E-state index contributed by atoms with van der Waals surface area (Å²) in [6.45, 7) is 0.614. The van der Waals surface area contributed by atoms with Gasteiger partial charge in [-0.05, 0) is 17.7 Å². The molecule has 4 heteroatoms. The zero-order chi connectivity index (χ0) is 11.6. The Morgan fingerprint density at radius 2 is 2.00 bits per heavy atom. The van der Waals surface area contributed by atoms with Crippen LogP contribution in [-0.4, -0.2) is 11.1 Å². The van der Waals surface area contributed by atoms with Crippen molar-refractivity contribution in [2.45, 2.75) is 19.6 Å². The summed E-state index contributed by atoms with van der Waals surface area (Å²) >= 11 is 0. The van der Waals surface area contributed by atoms with Crippen LogP contribution in [0.1, 0.15) is 12.5 Å². The zero-order valence-corrected chi connectivity index (χ0v) is 8.78. The molecule has 16 heavy (non-hydrogen) atoms. The maximum Gasteiger partial charge on any atom is 0.353 e. The fourth-order valence-electron chi connectivity index (χ4n) is 1.49. The number of alkyl halides is 2. The lowest BCUT2D eigenvalue weighted by Crippen LogP contribution is -2.14. The van der Waals surface area contributed by atoms with Crippen LogP contribution < -0.4 is 0 Å². The van der Waals surface area contributed by atoms with E-state index >= 15 is 0 Å². The van der Waals surface area contributed by atoms with Gasteiger partial charge in [-0.1, -0.05) is 18.2 Å². The van der Waals surface area contributed by atoms with Gasteiger partial charge in [-0.2, -0.15) is 8.78 Å². The standard InChI is InChI=1S/C12H11F2NO/c1-12(13,14)16-8-9-6-7-15-11-5-3-2-4-10(9)11/h2-7H,8H2,1H3. The highest BCUT2D eigenvalue weighted by atomic mass is 19.3. The van der Waals surface area contributed by atoms with Gasteiger partial charge in [0.15, 0.2) is 0 Å². The molecule has 0 fully saturated rings. The van der Waals surface area contributed by atoms with E-state index < -0.39 is 6.11 Å². The van der Waals surface area contributed by atoms with Gasteiger partial charge < -0.3 is 4.74 Å². The van der Waals surface area contributed by atoms with Gasteiger partial charge >= 0.3 is 6.11 Å². The minimum absolute atomic E-state index is 0.119. The van der Waals surface area contributed by atoms with E-state index in [1.54, 1.807) is 12.3 Å². The van der Waals surface area contributed by atoms with Gasteiger partial charge in [-0.15, -0.1) is 0 Å². The van der Waals surface area contributed by atoms with Gasteiger partial charge in [0.2, 0.25) is 0 Å². The molecule has 0 amide bonds. The summed E-state index contributed by atoms with van der Waals surface area (Å²) in [5, 5.41) is 0.842. The molecule has 2 rings (SSSR count). The van der Waals surface area contributed by atoms with Gasteiger partial charge in [0.25, 0.3) is 0 Å². The van der Waals surface area contributed by atoms with Crippen molar-refractivity contribution in [2.24, 2.45) is 0 Å². The molecule has 0 spiro atoms. The van der Waals surface area contributed by atoms with Gasteiger partial charge in [-0.25, -0.2) is 0 Å². The molecule has 0 saturated carbocycles. The van der Waals surface area contributed by atoms with E-state index in [0.717, 1.165) is 17.8 Å². The molecule has 0 unspecified atom stereocenters. The fourth-order valence-corrected chi connectivity index (χ4v) is 1.49. The number of ether oxygens (including phenoxy) is 1. The van der Waals surface area contributed by atoms with E-state index in [0.29, 0.717) is 5.56 Å². The molecule has 0 aliphatic rings. The zero-order valence-electron chi connectivity index (χ0n) is 8.78. The average Bonchev–Trinajstić information content (AvgIpc) is 2.25. The van der Waals surface area contributed by atoms with Crippen molar-refractivity contribution in [2.75, 3.05) is 0 Å². The van der Waals surface area contributed by atoms with Gasteiger partial charge in [0.1, 0.15) is 0 Å². The molecule has 84 valence electrons. The van der Waals surface area contributed by atoms with Crippen LogP contribution in [-0.2, 0) is 11.3 Å². The van der Waals surface area contributed by atoms with Crippen LogP contribution in [0.4, 0.5) is 8.78 Å². The Hall–Kier alpha value is -1.55. The van der Waals surface area contributed by atoms with E-state index in [1.165, 1.54) is 0 Å². The average molecular weight is 223 g/mol. The first-order valence-corrected chi connectivity index (χ1v) is 4.91. The predicted molar refractivity (Wildman–Crippen MR) is 57.2 cm³/mol. The van der Waals surface area contributed by atoms with E-state index in [9.17, 15) is 8.78 Å². The highest BCUT2D eigenvalue weighted by Gasteiger charge is 2.21. The number of fused-ring (bicyclic) bond motifs is 1. The van der Waals surface area contributed by atoms with Crippen molar-refractivity contribution in [1.29, 1.82) is 0 Å². The number of nitrogens with zero attached hydrogens (tertiary/aromatic N) is 1. The molecular weight excluding hydrogens is 212 g/mol. The number of hydrogen-bond donors (Lipinski definition) is 0. The summed E-state index contributed by atoms with van der Waals surface area (Å²) in [5.74, 6) is 0. The highest BCUT2D eigenvalue weighted by molar-refractivity contribution is 5.81. The van der Waals surface area contributed by atoms with E-state index in [2.05, 4.69) is 9.72 Å². The van der Waals surface area contributed by atoms with Crippen molar-refractivity contribution in [3.05, 3.63) is 42.1 Å². The number of rotatable bonds is 3. The Morgan fingerprint density at radius 3 is 2.75 bits per heavy atom. The molecule has 0 radical (unpaired) electrons. The highest BCUT2D eigenvalue weighted by Crippen LogP contribution is 2.21. The quantitative estimate of drug-likeness (QED) is 0.795. The second-order valence-corrected chi connectivity index (χ2v) is 3.58. The van der Waals surface area contributed by atoms with Gasteiger partial charge in [0, 0.05) is 18.5 Å². The van der Waals surface area contributed by atoms with Crippen LogP contribution in [0.3, 0.4) is 0 Å². The Balaban J connectivity index is 2.30. The van der Waals surface area contributed by atoms with Crippen molar-refractivity contribution >= 4 is 10.9 Å². The Morgan fingerprint density at radius 1 is 1.25 bits per heavy atom. The van der Waals surface area contributed by atoms with Crippen molar-refractivity contribution < 1.29 is 13.5 Å². The third kappa shape index (κ3) is 2.52. The number of aromatic nitrogens is 1. The number of hydrogen-bond acceptors (Lipinski definition) is 2. The van der Waals surface area contributed by atoms with E-state index in [-0.39, 0.29) is 6.61 Å². The molecule has 1 heterocycles. The lowest BCUT2D eigenvalue weighted by molar-refractivity contribution is -0.231. The monoisotopic (exact) mass is 223 g/mol. The van der Waals surface area contributed by atoms with Crippen molar-refractivity contribution in [1.82, 2.24) is 4.98 Å². The molecule has 0 aliphatic heterocycles. The predicted octanol–water partition coefficient (Wildman–Crippen LogP) is 3.36.